The molecule has 0 radical (unpaired) electrons. The number of methoxy groups -OCH3 is 1. The molecule has 1 fully saturated rings. The van der Waals surface area contributed by atoms with Crippen molar-refractivity contribution < 1.29 is 28.1 Å². The Morgan fingerprint density at radius 3 is 2.68 bits per heavy atom. The maximum absolute atomic E-state index is 14.1. The number of halogens is 1. The van der Waals surface area contributed by atoms with E-state index >= 15 is 0 Å². The predicted molar refractivity (Wildman–Crippen MR) is 114 cm³/mol. The molecule has 0 N–H and O–H groups in total. The Morgan fingerprint density at radius 1 is 1.13 bits per heavy atom. The van der Waals surface area contributed by atoms with Gasteiger partial charge in [0.05, 0.1) is 25.7 Å². The van der Waals surface area contributed by atoms with Crippen LogP contribution in [0, 0.1) is 11.7 Å². The predicted octanol–water partition coefficient (Wildman–Crippen LogP) is 5.40. The van der Waals surface area contributed by atoms with Crippen molar-refractivity contribution in [2.45, 2.75) is 57.7 Å². The molecule has 1 aliphatic carbocycles. The molecule has 1 atom stereocenters. The van der Waals surface area contributed by atoms with Crippen LogP contribution in [0.5, 0.6) is 17.2 Å². The second-order valence-electron chi connectivity index (χ2n) is 8.12. The summed E-state index contributed by atoms with van der Waals surface area (Å²) in [6.45, 7) is 2.27. The molecule has 166 valence electrons. The Hall–Kier alpha value is -2.76. The Balaban J connectivity index is 1.38. The quantitative estimate of drug-likeness (QED) is 0.577. The highest BCUT2D eigenvalue weighted by atomic mass is 19.1. The van der Waals surface area contributed by atoms with Crippen LogP contribution in [-0.4, -0.2) is 25.8 Å². The smallest absolute Gasteiger partial charge is 0.308 e. The fourth-order valence-corrected chi connectivity index (χ4v) is 4.52. The number of fused-ring (bicyclic) bond motifs is 1. The van der Waals surface area contributed by atoms with E-state index < -0.39 is 0 Å². The number of carbonyl (C=O) groups excluding carboxylic acids is 1. The number of hydrogen-bond acceptors (Lipinski definition) is 5. The summed E-state index contributed by atoms with van der Waals surface area (Å²) in [5.74, 6) is 1.39. The van der Waals surface area contributed by atoms with Gasteiger partial charge in [-0.05, 0) is 75.3 Å². The fraction of sp³-hybridized carbons (Fsp3) is 0.480. The lowest BCUT2D eigenvalue weighted by atomic mass is 9.87. The van der Waals surface area contributed by atoms with Gasteiger partial charge in [0.25, 0.3) is 0 Å². The van der Waals surface area contributed by atoms with E-state index in [4.69, 9.17) is 18.9 Å². The third-order valence-corrected chi connectivity index (χ3v) is 6.12. The molecule has 2 aromatic rings. The monoisotopic (exact) mass is 428 g/mol. The van der Waals surface area contributed by atoms with Crippen molar-refractivity contribution in [2.75, 3.05) is 13.7 Å². The van der Waals surface area contributed by atoms with Gasteiger partial charge in [-0.25, -0.2) is 4.39 Å². The molecule has 1 unspecified atom stereocenters. The van der Waals surface area contributed by atoms with E-state index in [1.165, 1.54) is 13.2 Å². The summed E-state index contributed by atoms with van der Waals surface area (Å²) in [4.78, 5) is 11.9. The average molecular weight is 429 g/mol. The minimum Gasteiger partial charge on any atom is -0.493 e. The highest BCUT2D eigenvalue weighted by molar-refractivity contribution is 5.72. The number of hydrogen-bond donors (Lipinski definition) is 0. The number of esters is 1. The third-order valence-electron chi connectivity index (χ3n) is 6.12. The second kappa shape index (κ2) is 9.58. The first-order valence-electron chi connectivity index (χ1n) is 11.0. The van der Waals surface area contributed by atoms with Crippen LogP contribution in [-0.2, 0) is 16.0 Å². The van der Waals surface area contributed by atoms with Crippen LogP contribution in [0.25, 0.3) is 0 Å². The standard InChI is InChI=1S/C25H29FO5/c1-3-29-25(27)16-7-10-18(11-8-16)30-19-12-14-22-17(15-19)9-13-23(31-22)20-5-4-6-21(26)24(20)28-2/h4-6,12,14-16,18,23H,3,7-11,13H2,1-2H3. The normalized spacial score (nSPS) is 22.7. The first-order valence-corrected chi connectivity index (χ1v) is 11.0. The summed E-state index contributed by atoms with van der Waals surface area (Å²) in [5, 5.41) is 0. The molecule has 2 aromatic carbocycles. The van der Waals surface area contributed by atoms with Crippen LogP contribution in [0.2, 0.25) is 0 Å². The van der Waals surface area contributed by atoms with Crippen molar-refractivity contribution in [3.05, 3.63) is 53.3 Å². The highest BCUT2D eigenvalue weighted by Gasteiger charge is 2.29. The van der Waals surface area contributed by atoms with Gasteiger partial charge in [-0.3, -0.25) is 4.79 Å². The molecule has 1 heterocycles. The molecule has 0 bridgehead atoms. The van der Waals surface area contributed by atoms with Crippen LogP contribution in [0.3, 0.4) is 0 Å². The lowest BCUT2D eigenvalue weighted by Gasteiger charge is -2.30. The molecule has 6 heteroatoms. The summed E-state index contributed by atoms with van der Waals surface area (Å²) >= 11 is 0. The summed E-state index contributed by atoms with van der Waals surface area (Å²) in [5.41, 5.74) is 1.82. The Kier molecular flexibility index (Phi) is 6.64. The zero-order valence-electron chi connectivity index (χ0n) is 18.1. The van der Waals surface area contributed by atoms with E-state index in [2.05, 4.69) is 0 Å². The molecule has 4 rings (SSSR count). The zero-order valence-corrected chi connectivity index (χ0v) is 18.1. The lowest BCUT2D eigenvalue weighted by molar-refractivity contribution is -0.149. The highest BCUT2D eigenvalue weighted by Crippen LogP contribution is 2.40. The molecule has 5 nitrogen and oxygen atoms in total. The van der Waals surface area contributed by atoms with E-state index in [0.717, 1.165) is 61.2 Å². The SMILES string of the molecule is CCOC(=O)C1CCC(Oc2ccc3c(c2)CCC(c2cccc(F)c2OC)O3)CC1. The molecule has 0 spiro atoms. The number of rotatable bonds is 6. The molecule has 31 heavy (non-hydrogen) atoms. The topological polar surface area (TPSA) is 54.0 Å². The molecule has 1 saturated carbocycles. The zero-order chi connectivity index (χ0) is 21.8. The first kappa shape index (κ1) is 21.5. The van der Waals surface area contributed by atoms with Gasteiger partial charge in [0, 0.05) is 5.56 Å². The van der Waals surface area contributed by atoms with Crippen LogP contribution < -0.4 is 14.2 Å². The number of para-hydroxylation sites is 1. The van der Waals surface area contributed by atoms with E-state index in [-0.39, 0.29) is 35.7 Å². The van der Waals surface area contributed by atoms with Crippen molar-refractivity contribution in [1.82, 2.24) is 0 Å². The minimum absolute atomic E-state index is 0.00604. The van der Waals surface area contributed by atoms with Gasteiger partial charge in [-0.2, -0.15) is 0 Å². The summed E-state index contributed by atoms with van der Waals surface area (Å²) in [6.07, 6.45) is 4.70. The maximum Gasteiger partial charge on any atom is 0.308 e. The Bertz CT molecular complexity index is 920. The second-order valence-corrected chi connectivity index (χ2v) is 8.12. The number of aryl methyl sites for hydroxylation is 1. The van der Waals surface area contributed by atoms with Gasteiger partial charge < -0.3 is 18.9 Å². The van der Waals surface area contributed by atoms with Gasteiger partial charge >= 0.3 is 5.97 Å². The average Bonchev–Trinajstić information content (AvgIpc) is 2.79. The van der Waals surface area contributed by atoms with E-state index in [1.807, 2.05) is 31.2 Å². The number of ether oxygens (including phenoxy) is 4. The maximum atomic E-state index is 14.1. The van der Waals surface area contributed by atoms with Crippen molar-refractivity contribution in [1.29, 1.82) is 0 Å². The molecular weight excluding hydrogens is 399 g/mol. The summed E-state index contributed by atoms with van der Waals surface area (Å²) in [6, 6.07) is 10.8. The van der Waals surface area contributed by atoms with Crippen molar-refractivity contribution in [3.63, 3.8) is 0 Å². The van der Waals surface area contributed by atoms with Gasteiger partial charge in [0.2, 0.25) is 0 Å². The molecule has 0 aromatic heterocycles. The largest absolute Gasteiger partial charge is 0.493 e. The molecule has 0 saturated heterocycles. The van der Waals surface area contributed by atoms with Crippen LogP contribution in [0.4, 0.5) is 4.39 Å². The molecule has 0 amide bonds. The summed E-state index contributed by atoms with van der Waals surface area (Å²) in [7, 11) is 1.47. The molecule has 2 aliphatic rings. The van der Waals surface area contributed by atoms with Gasteiger partial charge in [0.15, 0.2) is 11.6 Å². The van der Waals surface area contributed by atoms with Crippen LogP contribution >= 0.6 is 0 Å². The van der Waals surface area contributed by atoms with Crippen LogP contribution in [0.15, 0.2) is 36.4 Å². The van der Waals surface area contributed by atoms with Gasteiger partial charge in [0.1, 0.15) is 17.6 Å². The molecule has 1 aliphatic heterocycles. The van der Waals surface area contributed by atoms with Crippen molar-refractivity contribution in [2.24, 2.45) is 5.92 Å². The Morgan fingerprint density at radius 2 is 1.94 bits per heavy atom. The van der Waals surface area contributed by atoms with Crippen molar-refractivity contribution >= 4 is 5.97 Å². The lowest BCUT2D eigenvalue weighted by Crippen LogP contribution is -2.29. The number of benzene rings is 2. The van der Waals surface area contributed by atoms with Crippen molar-refractivity contribution in [3.8, 4) is 17.2 Å². The Labute approximate surface area is 182 Å². The minimum atomic E-state index is -0.379. The summed E-state index contributed by atoms with van der Waals surface area (Å²) < 4.78 is 36.8. The number of carbonyl (C=O) groups is 1. The first-order chi connectivity index (χ1) is 15.1. The van der Waals surface area contributed by atoms with E-state index in [1.54, 1.807) is 6.07 Å². The fourth-order valence-electron chi connectivity index (χ4n) is 4.52. The van der Waals surface area contributed by atoms with Gasteiger partial charge in [-0.1, -0.05) is 12.1 Å². The van der Waals surface area contributed by atoms with Crippen LogP contribution in [0.1, 0.15) is 56.3 Å². The van der Waals surface area contributed by atoms with Gasteiger partial charge in [-0.15, -0.1) is 0 Å². The van der Waals surface area contributed by atoms with E-state index in [9.17, 15) is 9.18 Å². The van der Waals surface area contributed by atoms with E-state index in [0.29, 0.717) is 6.61 Å². The third kappa shape index (κ3) is 4.78. The molecular formula is C25H29FO5.